The van der Waals surface area contributed by atoms with Crippen LogP contribution in [0.15, 0.2) is 24.3 Å². The van der Waals surface area contributed by atoms with Crippen molar-refractivity contribution in [3.63, 3.8) is 0 Å². The van der Waals surface area contributed by atoms with E-state index in [0.717, 1.165) is 12.0 Å². The highest BCUT2D eigenvalue weighted by atomic mass is 16.2. The van der Waals surface area contributed by atoms with Crippen LogP contribution in [0.4, 0.5) is 4.79 Å². The summed E-state index contributed by atoms with van der Waals surface area (Å²) in [4.78, 5) is 13.4. The molecule has 1 aliphatic heterocycles. The van der Waals surface area contributed by atoms with Crippen molar-refractivity contribution < 1.29 is 4.79 Å². The van der Waals surface area contributed by atoms with Gasteiger partial charge in [-0.15, -0.1) is 0 Å². The average Bonchev–Trinajstić information content (AvgIpc) is 2.35. The maximum Gasteiger partial charge on any atom is 0.334 e. The molecular weight excluding hydrogens is 216 g/mol. The number of amides is 2. The standard InChI is InChI=1S/C12H14N4O/c13-8-10-4-1-2-5-11(10)9-15-6-3-7-16(14)12(15)17/h1-2,4-5H,3,6-7,9,14H2. The predicted molar refractivity (Wildman–Crippen MR) is 62.5 cm³/mol. The fourth-order valence-electron chi connectivity index (χ4n) is 1.92. The molecule has 0 spiro atoms. The average molecular weight is 230 g/mol. The monoisotopic (exact) mass is 230 g/mol. The molecule has 0 unspecified atom stereocenters. The molecule has 1 aromatic rings. The van der Waals surface area contributed by atoms with Crippen LogP contribution in [-0.4, -0.2) is 29.0 Å². The molecule has 17 heavy (non-hydrogen) atoms. The van der Waals surface area contributed by atoms with Crippen molar-refractivity contribution in [1.82, 2.24) is 9.91 Å². The van der Waals surface area contributed by atoms with Crippen LogP contribution in [0.5, 0.6) is 0 Å². The molecule has 5 heteroatoms. The molecule has 1 aliphatic rings. The second-order valence-corrected chi connectivity index (χ2v) is 4.02. The molecule has 1 aromatic carbocycles. The summed E-state index contributed by atoms with van der Waals surface area (Å²) in [6, 6.07) is 9.25. The Labute approximate surface area is 100.0 Å². The minimum atomic E-state index is -0.177. The maximum absolute atomic E-state index is 11.8. The predicted octanol–water partition coefficient (Wildman–Crippen LogP) is 1.06. The molecule has 0 aromatic heterocycles. The normalized spacial score (nSPS) is 15.9. The Morgan fingerprint density at radius 2 is 2.12 bits per heavy atom. The van der Waals surface area contributed by atoms with Gasteiger partial charge >= 0.3 is 6.03 Å². The lowest BCUT2D eigenvalue weighted by Crippen LogP contribution is -2.52. The van der Waals surface area contributed by atoms with Crippen LogP contribution < -0.4 is 5.84 Å². The van der Waals surface area contributed by atoms with E-state index in [1.807, 2.05) is 18.2 Å². The minimum Gasteiger partial charge on any atom is -0.319 e. The van der Waals surface area contributed by atoms with Gasteiger partial charge in [-0.3, -0.25) is 5.01 Å². The van der Waals surface area contributed by atoms with Gasteiger partial charge in [0.2, 0.25) is 0 Å². The Morgan fingerprint density at radius 3 is 2.88 bits per heavy atom. The number of nitrogens with zero attached hydrogens (tertiary/aromatic N) is 3. The lowest BCUT2D eigenvalue weighted by atomic mass is 10.1. The van der Waals surface area contributed by atoms with Crippen LogP contribution in [0.1, 0.15) is 17.5 Å². The van der Waals surface area contributed by atoms with Gasteiger partial charge < -0.3 is 4.90 Å². The van der Waals surface area contributed by atoms with Crippen LogP contribution in [0.3, 0.4) is 0 Å². The number of nitrogens with two attached hydrogens (primary N) is 1. The molecule has 0 aliphatic carbocycles. The number of hydrazine groups is 1. The number of carbonyl (C=O) groups is 1. The first-order valence-electron chi connectivity index (χ1n) is 5.51. The molecule has 0 atom stereocenters. The summed E-state index contributed by atoms with van der Waals surface area (Å²) in [6.07, 6.45) is 0.858. The quantitative estimate of drug-likeness (QED) is 0.610. The summed E-state index contributed by atoms with van der Waals surface area (Å²) in [5, 5.41) is 10.2. The Hall–Kier alpha value is -2.06. The van der Waals surface area contributed by atoms with Gasteiger partial charge in [0.05, 0.1) is 11.6 Å². The zero-order valence-corrected chi connectivity index (χ0v) is 9.47. The van der Waals surface area contributed by atoms with Gasteiger partial charge in [0.15, 0.2) is 0 Å². The number of carbonyl (C=O) groups excluding carboxylic acids is 1. The topological polar surface area (TPSA) is 73.4 Å². The van der Waals surface area contributed by atoms with E-state index in [1.54, 1.807) is 11.0 Å². The molecule has 1 saturated heterocycles. The molecule has 2 amide bonds. The van der Waals surface area contributed by atoms with E-state index in [-0.39, 0.29) is 6.03 Å². The molecule has 88 valence electrons. The van der Waals surface area contributed by atoms with Crippen molar-refractivity contribution in [2.24, 2.45) is 5.84 Å². The number of nitriles is 1. The number of rotatable bonds is 2. The lowest BCUT2D eigenvalue weighted by molar-refractivity contribution is 0.127. The molecule has 2 N–H and O–H groups in total. The number of hydrogen-bond acceptors (Lipinski definition) is 3. The third kappa shape index (κ3) is 2.37. The molecule has 1 heterocycles. The van der Waals surface area contributed by atoms with Crippen molar-refractivity contribution in [3.05, 3.63) is 35.4 Å². The number of benzene rings is 1. The van der Waals surface area contributed by atoms with Gasteiger partial charge in [0, 0.05) is 19.6 Å². The lowest BCUT2D eigenvalue weighted by Gasteiger charge is -2.32. The zero-order valence-electron chi connectivity index (χ0n) is 9.47. The highest BCUT2D eigenvalue weighted by molar-refractivity contribution is 5.74. The summed E-state index contributed by atoms with van der Waals surface area (Å²) in [7, 11) is 0. The van der Waals surface area contributed by atoms with E-state index in [2.05, 4.69) is 6.07 Å². The van der Waals surface area contributed by atoms with Crippen LogP contribution >= 0.6 is 0 Å². The van der Waals surface area contributed by atoms with Crippen molar-refractivity contribution >= 4 is 6.03 Å². The van der Waals surface area contributed by atoms with Gasteiger partial charge in [0.1, 0.15) is 0 Å². The largest absolute Gasteiger partial charge is 0.334 e. The van der Waals surface area contributed by atoms with Crippen molar-refractivity contribution in [2.75, 3.05) is 13.1 Å². The summed E-state index contributed by atoms with van der Waals surface area (Å²) in [6.45, 7) is 1.72. The van der Waals surface area contributed by atoms with Gasteiger partial charge in [-0.25, -0.2) is 10.6 Å². The van der Waals surface area contributed by atoms with Crippen LogP contribution in [0.25, 0.3) is 0 Å². The van der Waals surface area contributed by atoms with E-state index in [4.69, 9.17) is 11.1 Å². The third-order valence-electron chi connectivity index (χ3n) is 2.84. The summed E-state index contributed by atoms with van der Waals surface area (Å²) in [5.41, 5.74) is 1.47. The minimum absolute atomic E-state index is 0.177. The van der Waals surface area contributed by atoms with E-state index in [9.17, 15) is 4.79 Å². The van der Waals surface area contributed by atoms with Crippen molar-refractivity contribution in [1.29, 1.82) is 5.26 Å². The van der Waals surface area contributed by atoms with Gasteiger partial charge in [-0.1, -0.05) is 18.2 Å². The van der Waals surface area contributed by atoms with Gasteiger partial charge in [-0.05, 0) is 18.1 Å². The Balaban J connectivity index is 2.15. The molecule has 0 radical (unpaired) electrons. The summed E-state index contributed by atoms with van der Waals surface area (Å²) >= 11 is 0. The van der Waals surface area contributed by atoms with E-state index < -0.39 is 0 Å². The molecule has 0 bridgehead atoms. The van der Waals surface area contributed by atoms with E-state index >= 15 is 0 Å². The Morgan fingerprint density at radius 1 is 1.35 bits per heavy atom. The van der Waals surface area contributed by atoms with Crippen molar-refractivity contribution in [2.45, 2.75) is 13.0 Å². The Bertz CT molecular complexity index is 466. The first kappa shape index (κ1) is 11.4. The van der Waals surface area contributed by atoms with E-state index in [1.165, 1.54) is 5.01 Å². The first-order valence-corrected chi connectivity index (χ1v) is 5.51. The second-order valence-electron chi connectivity index (χ2n) is 4.02. The fraction of sp³-hybridized carbons (Fsp3) is 0.333. The van der Waals surface area contributed by atoms with Crippen LogP contribution in [-0.2, 0) is 6.54 Å². The number of urea groups is 1. The van der Waals surface area contributed by atoms with Gasteiger partial charge in [0.25, 0.3) is 0 Å². The second kappa shape index (κ2) is 4.85. The molecule has 2 rings (SSSR count). The van der Waals surface area contributed by atoms with E-state index in [0.29, 0.717) is 25.2 Å². The molecular formula is C12H14N4O. The molecule has 5 nitrogen and oxygen atoms in total. The smallest absolute Gasteiger partial charge is 0.319 e. The van der Waals surface area contributed by atoms with Crippen LogP contribution in [0, 0.1) is 11.3 Å². The van der Waals surface area contributed by atoms with Crippen LogP contribution in [0.2, 0.25) is 0 Å². The summed E-state index contributed by atoms with van der Waals surface area (Å²) in [5.74, 6) is 5.57. The zero-order chi connectivity index (χ0) is 12.3. The number of hydrogen-bond donors (Lipinski definition) is 1. The van der Waals surface area contributed by atoms with Gasteiger partial charge in [-0.2, -0.15) is 5.26 Å². The third-order valence-corrected chi connectivity index (χ3v) is 2.84. The maximum atomic E-state index is 11.8. The SMILES string of the molecule is N#Cc1ccccc1CN1CCCN(N)C1=O. The highest BCUT2D eigenvalue weighted by Gasteiger charge is 2.23. The molecule has 1 fully saturated rings. The Kier molecular flexibility index (Phi) is 3.26. The highest BCUT2D eigenvalue weighted by Crippen LogP contribution is 2.14. The fourth-order valence-corrected chi connectivity index (χ4v) is 1.92. The first-order chi connectivity index (χ1) is 8.22. The van der Waals surface area contributed by atoms with Crippen molar-refractivity contribution in [3.8, 4) is 6.07 Å². The summed E-state index contributed by atoms with van der Waals surface area (Å²) < 4.78 is 0. The molecule has 0 saturated carbocycles.